The molecule has 0 aliphatic carbocycles. The summed E-state index contributed by atoms with van der Waals surface area (Å²) in [6.45, 7) is 5.68. The molecule has 1 N–H and O–H groups in total. The summed E-state index contributed by atoms with van der Waals surface area (Å²) in [6.07, 6.45) is 10.1. The predicted octanol–water partition coefficient (Wildman–Crippen LogP) is 3.09. The molecular weight excluding hydrogens is 242 g/mol. The second kappa shape index (κ2) is 6.62. The Labute approximate surface area is 115 Å². The van der Waals surface area contributed by atoms with Crippen LogP contribution in [0, 0.1) is 5.92 Å². The van der Waals surface area contributed by atoms with E-state index in [0.717, 1.165) is 6.54 Å². The average Bonchev–Trinajstić information content (AvgIpc) is 2.77. The third kappa shape index (κ3) is 3.51. The van der Waals surface area contributed by atoms with Gasteiger partial charge in [-0.1, -0.05) is 6.92 Å². The molecule has 1 saturated heterocycles. The minimum absolute atomic E-state index is 0.498. The number of thioether (sulfide) groups is 1. The first-order valence-corrected chi connectivity index (χ1v) is 8.35. The number of nitrogens with one attached hydrogen (secondary N) is 1. The zero-order chi connectivity index (χ0) is 13.0. The van der Waals surface area contributed by atoms with Crippen molar-refractivity contribution in [2.75, 3.05) is 12.0 Å². The van der Waals surface area contributed by atoms with Crippen LogP contribution in [0.2, 0.25) is 0 Å². The van der Waals surface area contributed by atoms with Crippen LogP contribution in [0.4, 0.5) is 0 Å². The van der Waals surface area contributed by atoms with Crippen LogP contribution >= 0.6 is 11.8 Å². The van der Waals surface area contributed by atoms with Gasteiger partial charge in [0.25, 0.3) is 0 Å². The lowest BCUT2D eigenvalue weighted by atomic mass is 9.97. The van der Waals surface area contributed by atoms with Crippen molar-refractivity contribution in [2.45, 2.75) is 51.7 Å². The maximum atomic E-state index is 4.35. The van der Waals surface area contributed by atoms with Gasteiger partial charge in [-0.25, -0.2) is 4.98 Å². The van der Waals surface area contributed by atoms with Crippen molar-refractivity contribution in [3.8, 4) is 0 Å². The van der Waals surface area contributed by atoms with E-state index >= 15 is 0 Å². The Kier molecular flexibility index (Phi) is 5.13. The van der Waals surface area contributed by atoms with Crippen molar-refractivity contribution in [3.63, 3.8) is 0 Å². The fourth-order valence-electron chi connectivity index (χ4n) is 2.82. The molecule has 0 aromatic carbocycles. The molecule has 3 unspecified atom stereocenters. The number of rotatable bonds is 5. The number of aromatic nitrogens is 2. The quantitative estimate of drug-likeness (QED) is 0.889. The second-order valence-corrected chi connectivity index (χ2v) is 6.49. The van der Waals surface area contributed by atoms with E-state index in [2.05, 4.69) is 35.0 Å². The first kappa shape index (κ1) is 13.9. The highest BCUT2D eigenvalue weighted by Gasteiger charge is 2.22. The Morgan fingerprint density at radius 3 is 3.11 bits per heavy atom. The summed E-state index contributed by atoms with van der Waals surface area (Å²) < 4.78 is 2.34. The fourth-order valence-corrected chi connectivity index (χ4v) is 3.49. The standard InChI is InChI=1S/C14H25N3S/c1-11(9-18-3)8-17-10-15-7-14(17)13-6-4-5-12(2)16-13/h7,10-13,16H,4-6,8-9H2,1-3H3. The van der Waals surface area contributed by atoms with E-state index in [-0.39, 0.29) is 0 Å². The number of hydrogen-bond donors (Lipinski definition) is 1. The number of piperidine rings is 1. The maximum Gasteiger partial charge on any atom is 0.0948 e. The van der Waals surface area contributed by atoms with Crippen molar-refractivity contribution >= 4 is 11.8 Å². The minimum atomic E-state index is 0.498. The molecule has 0 spiro atoms. The highest BCUT2D eigenvalue weighted by Crippen LogP contribution is 2.25. The molecule has 1 aromatic rings. The summed E-state index contributed by atoms with van der Waals surface area (Å²) in [4.78, 5) is 4.35. The van der Waals surface area contributed by atoms with Crippen LogP contribution in [-0.4, -0.2) is 27.6 Å². The van der Waals surface area contributed by atoms with Crippen LogP contribution in [0.3, 0.4) is 0 Å². The van der Waals surface area contributed by atoms with Crippen molar-refractivity contribution in [3.05, 3.63) is 18.2 Å². The molecule has 102 valence electrons. The van der Waals surface area contributed by atoms with Crippen LogP contribution in [0.5, 0.6) is 0 Å². The van der Waals surface area contributed by atoms with Crippen molar-refractivity contribution in [1.82, 2.24) is 14.9 Å². The smallest absolute Gasteiger partial charge is 0.0948 e. The predicted molar refractivity (Wildman–Crippen MR) is 79.0 cm³/mol. The molecule has 4 heteroatoms. The Hall–Kier alpha value is -0.480. The monoisotopic (exact) mass is 267 g/mol. The molecule has 2 rings (SSSR count). The molecule has 3 atom stereocenters. The van der Waals surface area contributed by atoms with Gasteiger partial charge >= 0.3 is 0 Å². The normalized spacial score (nSPS) is 26.2. The van der Waals surface area contributed by atoms with Gasteiger partial charge in [-0.15, -0.1) is 0 Å². The van der Waals surface area contributed by atoms with Crippen molar-refractivity contribution < 1.29 is 0 Å². The van der Waals surface area contributed by atoms with E-state index in [1.54, 1.807) is 0 Å². The number of nitrogens with zero attached hydrogens (tertiary/aromatic N) is 2. The fraction of sp³-hybridized carbons (Fsp3) is 0.786. The van der Waals surface area contributed by atoms with Gasteiger partial charge in [0.1, 0.15) is 0 Å². The lowest BCUT2D eigenvalue weighted by Crippen LogP contribution is -2.35. The SMILES string of the molecule is CSCC(C)Cn1cncc1C1CCCC(C)N1. The number of imidazole rings is 1. The highest BCUT2D eigenvalue weighted by molar-refractivity contribution is 7.98. The van der Waals surface area contributed by atoms with Crippen molar-refractivity contribution in [1.29, 1.82) is 0 Å². The molecule has 18 heavy (non-hydrogen) atoms. The first-order chi connectivity index (χ1) is 8.70. The largest absolute Gasteiger partial charge is 0.333 e. The van der Waals surface area contributed by atoms with Gasteiger partial charge in [0.2, 0.25) is 0 Å². The van der Waals surface area contributed by atoms with Gasteiger partial charge in [0.15, 0.2) is 0 Å². The van der Waals surface area contributed by atoms with Crippen LogP contribution in [0.15, 0.2) is 12.5 Å². The molecule has 0 bridgehead atoms. The Morgan fingerprint density at radius 1 is 1.56 bits per heavy atom. The molecule has 0 radical (unpaired) electrons. The topological polar surface area (TPSA) is 29.9 Å². The summed E-state index contributed by atoms with van der Waals surface area (Å²) in [5.41, 5.74) is 1.37. The molecule has 1 fully saturated rings. The molecule has 3 nitrogen and oxygen atoms in total. The van der Waals surface area contributed by atoms with Gasteiger partial charge < -0.3 is 9.88 Å². The van der Waals surface area contributed by atoms with Crippen LogP contribution in [0.1, 0.15) is 44.8 Å². The molecule has 2 heterocycles. The summed E-state index contributed by atoms with van der Waals surface area (Å²) >= 11 is 1.92. The third-order valence-corrected chi connectivity index (χ3v) is 4.58. The zero-order valence-corrected chi connectivity index (χ0v) is 12.5. The van der Waals surface area contributed by atoms with Gasteiger partial charge in [0.05, 0.1) is 12.0 Å². The van der Waals surface area contributed by atoms with E-state index in [9.17, 15) is 0 Å². The minimum Gasteiger partial charge on any atom is -0.333 e. The Balaban J connectivity index is 2.02. The summed E-state index contributed by atoms with van der Waals surface area (Å²) in [5.74, 6) is 1.92. The zero-order valence-electron chi connectivity index (χ0n) is 11.7. The van der Waals surface area contributed by atoms with Crippen LogP contribution in [0.25, 0.3) is 0 Å². The molecule has 1 aliphatic rings. The maximum absolute atomic E-state index is 4.35. The Morgan fingerprint density at radius 2 is 2.39 bits per heavy atom. The van der Waals surface area contributed by atoms with E-state index in [1.807, 2.05) is 24.3 Å². The van der Waals surface area contributed by atoms with E-state index in [1.165, 1.54) is 30.7 Å². The molecule has 1 aliphatic heterocycles. The van der Waals surface area contributed by atoms with E-state index in [4.69, 9.17) is 0 Å². The lowest BCUT2D eigenvalue weighted by Gasteiger charge is -2.29. The van der Waals surface area contributed by atoms with E-state index < -0.39 is 0 Å². The molecule has 1 aromatic heterocycles. The summed E-state index contributed by atoms with van der Waals surface area (Å²) in [5, 5.41) is 3.70. The van der Waals surface area contributed by atoms with Gasteiger partial charge in [-0.05, 0) is 44.1 Å². The number of hydrogen-bond acceptors (Lipinski definition) is 3. The average molecular weight is 267 g/mol. The van der Waals surface area contributed by atoms with E-state index in [0.29, 0.717) is 18.0 Å². The lowest BCUT2D eigenvalue weighted by molar-refractivity contribution is 0.326. The first-order valence-electron chi connectivity index (χ1n) is 6.95. The van der Waals surface area contributed by atoms with Gasteiger partial charge in [0, 0.05) is 24.8 Å². The van der Waals surface area contributed by atoms with Crippen molar-refractivity contribution in [2.24, 2.45) is 5.92 Å². The third-order valence-electron chi connectivity index (χ3n) is 3.68. The van der Waals surface area contributed by atoms with Crippen LogP contribution < -0.4 is 5.32 Å². The highest BCUT2D eigenvalue weighted by atomic mass is 32.2. The Bertz CT molecular complexity index is 364. The molecule has 0 saturated carbocycles. The van der Waals surface area contributed by atoms with Gasteiger partial charge in [-0.3, -0.25) is 0 Å². The van der Waals surface area contributed by atoms with Gasteiger partial charge in [-0.2, -0.15) is 11.8 Å². The second-order valence-electron chi connectivity index (χ2n) is 5.58. The molecule has 0 amide bonds. The summed E-state index contributed by atoms with van der Waals surface area (Å²) in [7, 11) is 0. The summed E-state index contributed by atoms with van der Waals surface area (Å²) in [6, 6.07) is 1.13. The molecular formula is C14H25N3S. The van der Waals surface area contributed by atoms with Crippen LogP contribution in [-0.2, 0) is 6.54 Å².